The van der Waals surface area contributed by atoms with Crippen LogP contribution in [0, 0.1) is 19.7 Å². The zero-order valence-electron chi connectivity index (χ0n) is 11.9. The highest BCUT2D eigenvalue weighted by atomic mass is 32.2. The molecule has 2 N–H and O–H groups in total. The molecule has 0 saturated heterocycles. The number of rotatable bonds is 2. The first-order valence-corrected chi connectivity index (χ1v) is 7.79. The quantitative estimate of drug-likeness (QED) is 0.896. The predicted molar refractivity (Wildman–Crippen MR) is 80.0 cm³/mol. The lowest BCUT2D eigenvalue weighted by molar-refractivity contribution is 0.0933. The molecule has 1 aromatic carbocycles. The summed E-state index contributed by atoms with van der Waals surface area (Å²) in [7, 11) is 0. The van der Waals surface area contributed by atoms with Crippen LogP contribution in [0.25, 0.3) is 0 Å². The van der Waals surface area contributed by atoms with Gasteiger partial charge in [-0.1, -0.05) is 0 Å². The van der Waals surface area contributed by atoms with E-state index in [-0.39, 0.29) is 17.8 Å². The van der Waals surface area contributed by atoms with E-state index in [0.29, 0.717) is 11.3 Å². The number of halogens is 1. The minimum absolute atomic E-state index is 0.154. The summed E-state index contributed by atoms with van der Waals surface area (Å²) >= 11 is 1.70. The minimum Gasteiger partial charge on any atom is -0.345 e. The largest absolute Gasteiger partial charge is 0.345 e. The molecule has 0 spiro atoms. The van der Waals surface area contributed by atoms with Crippen LogP contribution in [0.1, 0.15) is 39.8 Å². The number of hydrogen-bond donors (Lipinski definition) is 2. The van der Waals surface area contributed by atoms with Crippen molar-refractivity contribution in [3.05, 3.63) is 46.5 Å². The summed E-state index contributed by atoms with van der Waals surface area (Å²) in [4.78, 5) is 13.5. The first-order valence-electron chi connectivity index (χ1n) is 6.81. The third kappa shape index (κ3) is 2.68. The highest BCUT2D eigenvalue weighted by molar-refractivity contribution is 7.99. The van der Waals surface area contributed by atoms with Crippen molar-refractivity contribution in [1.82, 2.24) is 15.5 Å². The zero-order valence-corrected chi connectivity index (χ0v) is 12.7. The average molecular weight is 305 g/mol. The van der Waals surface area contributed by atoms with Gasteiger partial charge in [0.15, 0.2) is 0 Å². The molecule has 1 aromatic heterocycles. The van der Waals surface area contributed by atoms with Gasteiger partial charge in [-0.15, -0.1) is 11.8 Å². The number of aromatic amines is 1. The number of aromatic nitrogens is 2. The summed E-state index contributed by atoms with van der Waals surface area (Å²) in [5, 5.41) is 9.85. The Bertz CT molecular complexity index is 679. The Morgan fingerprint density at radius 2 is 2.29 bits per heavy atom. The number of carbonyl (C=O) groups is 1. The maximum Gasteiger partial charge on any atom is 0.255 e. The molecule has 110 valence electrons. The van der Waals surface area contributed by atoms with E-state index in [0.717, 1.165) is 28.3 Å². The second-order valence-corrected chi connectivity index (χ2v) is 6.29. The van der Waals surface area contributed by atoms with E-state index in [1.165, 1.54) is 12.1 Å². The summed E-state index contributed by atoms with van der Waals surface area (Å²) in [6, 6.07) is 4.60. The van der Waals surface area contributed by atoms with Gasteiger partial charge in [0, 0.05) is 16.3 Å². The Morgan fingerprint density at radius 3 is 3.00 bits per heavy atom. The Hall–Kier alpha value is -1.82. The zero-order chi connectivity index (χ0) is 15.0. The molecule has 2 aromatic rings. The molecule has 2 heterocycles. The van der Waals surface area contributed by atoms with Gasteiger partial charge in [-0.25, -0.2) is 4.39 Å². The maximum atomic E-state index is 13.5. The molecule has 0 fully saturated rings. The van der Waals surface area contributed by atoms with Gasteiger partial charge in [0.25, 0.3) is 5.91 Å². The summed E-state index contributed by atoms with van der Waals surface area (Å²) < 4.78 is 13.5. The van der Waals surface area contributed by atoms with Gasteiger partial charge in [-0.3, -0.25) is 9.89 Å². The van der Waals surface area contributed by atoms with Gasteiger partial charge >= 0.3 is 0 Å². The smallest absolute Gasteiger partial charge is 0.255 e. The van der Waals surface area contributed by atoms with Crippen molar-refractivity contribution in [3.8, 4) is 0 Å². The number of fused-ring (bicyclic) bond motifs is 1. The summed E-state index contributed by atoms with van der Waals surface area (Å²) in [5.74, 6) is 0.476. The van der Waals surface area contributed by atoms with Crippen molar-refractivity contribution in [2.24, 2.45) is 0 Å². The summed E-state index contributed by atoms with van der Waals surface area (Å²) in [6.07, 6.45) is 0.794. The van der Waals surface area contributed by atoms with Crippen LogP contribution in [0.3, 0.4) is 0 Å². The van der Waals surface area contributed by atoms with Crippen molar-refractivity contribution in [2.75, 3.05) is 5.75 Å². The fourth-order valence-electron chi connectivity index (χ4n) is 2.63. The molecule has 0 saturated carbocycles. The van der Waals surface area contributed by atoms with Crippen LogP contribution in [0.15, 0.2) is 23.1 Å². The number of carbonyl (C=O) groups excluding carboxylic acids is 1. The van der Waals surface area contributed by atoms with Gasteiger partial charge in [0.1, 0.15) is 5.82 Å². The highest BCUT2D eigenvalue weighted by Crippen LogP contribution is 2.36. The Kier molecular flexibility index (Phi) is 3.71. The molecule has 0 radical (unpaired) electrons. The fraction of sp³-hybridized carbons (Fsp3) is 0.333. The fourth-order valence-corrected chi connectivity index (χ4v) is 3.74. The molecule has 0 aliphatic carbocycles. The lowest BCUT2D eigenvalue weighted by Gasteiger charge is -2.26. The monoisotopic (exact) mass is 305 g/mol. The van der Waals surface area contributed by atoms with Crippen molar-refractivity contribution in [3.63, 3.8) is 0 Å². The van der Waals surface area contributed by atoms with Crippen LogP contribution in [0.2, 0.25) is 0 Å². The van der Waals surface area contributed by atoms with Crippen molar-refractivity contribution in [1.29, 1.82) is 0 Å². The molecule has 6 heteroatoms. The number of amides is 1. The molecule has 3 rings (SSSR count). The van der Waals surface area contributed by atoms with E-state index in [9.17, 15) is 9.18 Å². The first-order chi connectivity index (χ1) is 10.1. The van der Waals surface area contributed by atoms with Gasteiger partial charge in [0.05, 0.1) is 17.3 Å². The van der Waals surface area contributed by atoms with Crippen molar-refractivity contribution in [2.45, 2.75) is 31.2 Å². The summed E-state index contributed by atoms with van der Waals surface area (Å²) in [6.45, 7) is 3.61. The number of thioether (sulfide) groups is 1. The summed E-state index contributed by atoms with van der Waals surface area (Å²) in [5.41, 5.74) is 2.86. The molecule has 4 nitrogen and oxygen atoms in total. The molecular weight excluding hydrogens is 289 g/mol. The van der Waals surface area contributed by atoms with E-state index in [1.807, 2.05) is 6.92 Å². The van der Waals surface area contributed by atoms with Gasteiger partial charge in [-0.05, 0) is 44.0 Å². The second kappa shape index (κ2) is 5.52. The standard InChI is InChI=1S/C15H16FN3OS/c1-8-14(9(2)19-18-8)15(20)17-12-5-6-21-13-4-3-10(16)7-11(12)13/h3-4,7,12H,5-6H2,1-2H3,(H,17,20)(H,18,19). The third-order valence-corrected chi connectivity index (χ3v) is 4.79. The molecule has 21 heavy (non-hydrogen) atoms. The molecule has 0 bridgehead atoms. The molecule has 1 aliphatic rings. The average Bonchev–Trinajstić information content (AvgIpc) is 2.79. The van der Waals surface area contributed by atoms with Crippen molar-refractivity contribution >= 4 is 17.7 Å². The van der Waals surface area contributed by atoms with Crippen LogP contribution in [-0.4, -0.2) is 21.9 Å². The van der Waals surface area contributed by atoms with E-state index in [4.69, 9.17) is 0 Å². The lowest BCUT2D eigenvalue weighted by atomic mass is 10.0. The number of nitrogens with one attached hydrogen (secondary N) is 2. The number of aryl methyl sites for hydroxylation is 2. The first kappa shape index (κ1) is 14.1. The number of H-pyrrole nitrogens is 1. The molecule has 1 unspecified atom stereocenters. The normalized spacial score (nSPS) is 17.4. The van der Waals surface area contributed by atoms with E-state index in [1.54, 1.807) is 24.8 Å². The molecule has 1 aliphatic heterocycles. The van der Waals surface area contributed by atoms with E-state index < -0.39 is 0 Å². The molecular formula is C15H16FN3OS. The van der Waals surface area contributed by atoms with Crippen LogP contribution < -0.4 is 5.32 Å². The molecule has 1 atom stereocenters. The number of nitrogens with zero attached hydrogens (tertiary/aromatic N) is 1. The highest BCUT2D eigenvalue weighted by Gasteiger charge is 2.25. The van der Waals surface area contributed by atoms with Crippen molar-refractivity contribution < 1.29 is 9.18 Å². The topological polar surface area (TPSA) is 57.8 Å². The Labute approximate surface area is 126 Å². The van der Waals surface area contributed by atoms with Gasteiger partial charge < -0.3 is 5.32 Å². The lowest BCUT2D eigenvalue weighted by Crippen LogP contribution is -2.31. The van der Waals surface area contributed by atoms with Crippen LogP contribution in [-0.2, 0) is 0 Å². The van der Waals surface area contributed by atoms with Gasteiger partial charge in [0.2, 0.25) is 0 Å². The van der Waals surface area contributed by atoms with Gasteiger partial charge in [-0.2, -0.15) is 5.10 Å². The second-order valence-electron chi connectivity index (χ2n) is 5.15. The third-order valence-electron chi connectivity index (χ3n) is 3.67. The van der Waals surface area contributed by atoms with E-state index in [2.05, 4.69) is 15.5 Å². The Balaban J connectivity index is 1.87. The van der Waals surface area contributed by atoms with Crippen LogP contribution in [0.4, 0.5) is 4.39 Å². The van der Waals surface area contributed by atoms with Crippen LogP contribution in [0.5, 0.6) is 0 Å². The molecule has 1 amide bonds. The number of benzene rings is 1. The van der Waals surface area contributed by atoms with Crippen LogP contribution >= 0.6 is 11.8 Å². The minimum atomic E-state index is -0.272. The number of hydrogen-bond acceptors (Lipinski definition) is 3. The maximum absolute atomic E-state index is 13.5. The predicted octanol–water partition coefficient (Wildman–Crippen LogP) is 3.13. The van der Waals surface area contributed by atoms with E-state index >= 15 is 0 Å². The SMILES string of the molecule is Cc1n[nH]c(C)c1C(=O)NC1CCSc2ccc(F)cc21. The Morgan fingerprint density at radius 1 is 1.48 bits per heavy atom.